The van der Waals surface area contributed by atoms with Crippen LogP contribution in [0, 0.1) is 0 Å². The van der Waals surface area contributed by atoms with Crippen LogP contribution >= 0.6 is 0 Å². The zero-order valence-electron chi connectivity index (χ0n) is 7.41. The van der Waals surface area contributed by atoms with Crippen LogP contribution in [0.4, 0.5) is 5.69 Å². The van der Waals surface area contributed by atoms with E-state index in [1.54, 1.807) is 12.1 Å². The Morgan fingerprint density at radius 1 is 1.46 bits per heavy atom. The Balaban J connectivity index is 2.54. The Hall–Kier alpha value is -1.71. The van der Waals surface area contributed by atoms with Crippen LogP contribution in [0.3, 0.4) is 0 Å². The number of carbonyl (C=O) groups excluding carboxylic acids is 1. The zero-order chi connectivity index (χ0) is 9.68. The molecule has 0 aliphatic heterocycles. The summed E-state index contributed by atoms with van der Waals surface area (Å²) in [4.78, 5) is 10.4. The lowest BCUT2D eigenvalue weighted by atomic mass is 10.3. The SMILES string of the molecule is CNc1ccc(OCC(N)=O)cc1. The molecule has 1 rings (SSSR count). The van der Waals surface area contributed by atoms with Crippen LogP contribution in [-0.4, -0.2) is 19.6 Å². The monoisotopic (exact) mass is 180 g/mol. The van der Waals surface area contributed by atoms with E-state index in [4.69, 9.17) is 10.5 Å². The van der Waals surface area contributed by atoms with Crippen molar-refractivity contribution in [2.45, 2.75) is 0 Å². The summed E-state index contributed by atoms with van der Waals surface area (Å²) in [5, 5.41) is 2.97. The molecule has 13 heavy (non-hydrogen) atoms. The van der Waals surface area contributed by atoms with Crippen molar-refractivity contribution in [3.05, 3.63) is 24.3 Å². The van der Waals surface area contributed by atoms with E-state index in [0.717, 1.165) is 5.69 Å². The second-order valence-electron chi connectivity index (χ2n) is 2.53. The first-order valence-electron chi connectivity index (χ1n) is 3.91. The van der Waals surface area contributed by atoms with E-state index in [1.807, 2.05) is 19.2 Å². The molecule has 0 aliphatic carbocycles. The van der Waals surface area contributed by atoms with Gasteiger partial charge in [0, 0.05) is 12.7 Å². The molecule has 70 valence electrons. The number of benzene rings is 1. The van der Waals surface area contributed by atoms with Crippen LogP contribution in [0.15, 0.2) is 24.3 Å². The van der Waals surface area contributed by atoms with Crippen molar-refractivity contribution < 1.29 is 9.53 Å². The smallest absolute Gasteiger partial charge is 0.255 e. The van der Waals surface area contributed by atoms with E-state index in [9.17, 15) is 4.79 Å². The van der Waals surface area contributed by atoms with Gasteiger partial charge in [-0.05, 0) is 24.3 Å². The molecule has 0 saturated heterocycles. The minimum atomic E-state index is -0.474. The number of primary amides is 1. The first kappa shape index (κ1) is 9.38. The van der Waals surface area contributed by atoms with Gasteiger partial charge in [0.25, 0.3) is 5.91 Å². The van der Waals surface area contributed by atoms with Gasteiger partial charge in [0.2, 0.25) is 0 Å². The van der Waals surface area contributed by atoms with Crippen LogP contribution in [0.5, 0.6) is 5.75 Å². The summed E-state index contributed by atoms with van der Waals surface area (Å²) in [5.74, 6) is 0.162. The van der Waals surface area contributed by atoms with Crippen LogP contribution in [-0.2, 0) is 4.79 Å². The minimum Gasteiger partial charge on any atom is -0.484 e. The molecule has 1 aromatic rings. The van der Waals surface area contributed by atoms with Gasteiger partial charge in [0.1, 0.15) is 5.75 Å². The molecule has 0 aliphatic rings. The molecule has 0 saturated carbocycles. The molecule has 4 heteroatoms. The van der Waals surface area contributed by atoms with Crippen molar-refractivity contribution in [3.63, 3.8) is 0 Å². The summed E-state index contributed by atoms with van der Waals surface area (Å²) in [6.45, 7) is -0.0844. The molecule has 0 radical (unpaired) electrons. The maximum atomic E-state index is 10.4. The average Bonchev–Trinajstić information content (AvgIpc) is 2.15. The van der Waals surface area contributed by atoms with Gasteiger partial charge in [-0.15, -0.1) is 0 Å². The van der Waals surface area contributed by atoms with Crippen LogP contribution in [0.2, 0.25) is 0 Å². The Kier molecular flexibility index (Phi) is 3.14. The average molecular weight is 180 g/mol. The number of rotatable bonds is 4. The third-order valence-corrected chi connectivity index (χ3v) is 1.52. The molecule has 0 unspecified atom stereocenters. The molecule has 4 nitrogen and oxygen atoms in total. The maximum Gasteiger partial charge on any atom is 0.255 e. The summed E-state index contributed by atoms with van der Waals surface area (Å²) >= 11 is 0. The van der Waals surface area contributed by atoms with Crippen molar-refractivity contribution in [1.29, 1.82) is 0 Å². The van der Waals surface area contributed by atoms with Crippen molar-refractivity contribution in [2.24, 2.45) is 5.73 Å². The predicted octanol–water partition coefficient (Wildman–Crippen LogP) is 0.592. The Labute approximate surface area is 76.7 Å². The number of hydrogen-bond acceptors (Lipinski definition) is 3. The van der Waals surface area contributed by atoms with Gasteiger partial charge in [0.15, 0.2) is 6.61 Å². The molecule has 0 spiro atoms. The maximum absolute atomic E-state index is 10.4. The minimum absolute atomic E-state index is 0.0844. The molecule has 0 aromatic heterocycles. The first-order chi connectivity index (χ1) is 6.22. The van der Waals surface area contributed by atoms with Gasteiger partial charge in [-0.3, -0.25) is 4.79 Å². The number of hydrogen-bond donors (Lipinski definition) is 2. The molecule has 1 amide bonds. The first-order valence-corrected chi connectivity index (χ1v) is 3.91. The van der Waals surface area contributed by atoms with Crippen molar-refractivity contribution in [1.82, 2.24) is 0 Å². The number of nitrogens with two attached hydrogens (primary N) is 1. The van der Waals surface area contributed by atoms with Crippen LogP contribution in [0.25, 0.3) is 0 Å². The third kappa shape index (κ3) is 3.02. The Morgan fingerprint density at radius 2 is 2.08 bits per heavy atom. The van der Waals surface area contributed by atoms with Gasteiger partial charge in [-0.2, -0.15) is 0 Å². The number of ether oxygens (including phenoxy) is 1. The van der Waals surface area contributed by atoms with E-state index in [0.29, 0.717) is 5.75 Å². The molecular weight excluding hydrogens is 168 g/mol. The van der Waals surface area contributed by atoms with Gasteiger partial charge in [0.05, 0.1) is 0 Å². The number of nitrogens with one attached hydrogen (secondary N) is 1. The molecular formula is C9H12N2O2. The normalized spacial score (nSPS) is 9.31. The second-order valence-corrected chi connectivity index (χ2v) is 2.53. The summed E-state index contributed by atoms with van der Waals surface area (Å²) in [7, 11) is 1.83. The lowest BCUT2D eigenvalue weighted by Crippen LogP contribution is -2.19. The van der Waals surface area contributed by atoms with Crippen molar-refractivity contribution >= 4 is 11.6 Å². The van der Waals surface area contributed by atoms with Gasteiger partial charge >= 0.3 is 0 Å². The summed E-state index contributed by atoms with van der Waals surface area (Å²) in [6, 6.07) is 7.26. The molecule has 1 aromatic carbocycles. The van der Waals surface area contributed by atoms with E-state index in [-0.39, 0.29) is 6.61 Å². The van der Waals surface area contributed by atoms with Gasteiger partial charge in [-0.25, -0.2) is 0 Å². The lowest BCUT2D eigenvalue weighted by molar-refractivity contribution is -0.119. The molecule has 3 N–H and O–H groups in total. The lowest BCUT2D eigenvalue weighted by Gasteiger charge is -2.04. The highest BCUT2D eigenvalue weighted by Crippen LogP contribution is 2.14. The fraction of sp³-hybridized carbons (Fsp3) is 0.222. The largest absolute Gasteiger partial charge is 0.484 e. The van der Waals surface area contributed by atoms with Crippen LogP contribution < -0.4 is 15.8 Å². The van der Waals surface area contributed by atoms with Crippen molar-refractivity contribution in [2.75, 3.05) is 19.0 Å². The zero-order valence-corrected chi connectivity index (χ0v) is 7.41. The number of anilines is 1. The highest BCUT2D eigenvalue weighted by atomic mass is 16.5. The summed E-state index contributed by atoms with van der Waals surface area (Å²) < 4.78 is 5.06. The standard InChI is InChI=1S/C9H12N2O2/c1-11-7-2-4-8(5-3-7)13-6-9(10)12/h2-5,11H,6H2,1H3,(H2,10,12). The van der Waals surface area contributed by atoms with Gasteiger partial charge in [-0.1, -0.05) is 0 Å². The van der Waals surface area contributed by atoms with Gasteiger partial charge < -0.3 is 15.8 Å². The summed E-state index contributed by atoms with van der Waals surface area (Å²) in [5.41, 5.74) is 5.91. The Bertz CT molecular complexity index is 282. The fourth-order valence-electron chi connectivity index (χ4n) is 0.872. The third-order valence-electron chi connectivity index (χ3n) is 1.52. The quantitative estimate of drug-likeness (QED) is 0.712. The van der Waals surface area contributed by atoms with Crippen molar-refractivity contribution in [3.8, 4) is 5.75 Å². The molecule has 0 fully saturated rings. The predicted molar refractivity (Wildman–Crippen MR) is 50.7 cm³/mol. The van der Waals surface area contributed by atoms with E-state index >= 15 is 0 Å². The molecule has 0 heterocycles. The fourth-order valence-corrected chi connectivity index (χ4v) is 0.872. The topological polar surface area (TPSA) is 64.3 Å². The number of amides is 1. The molecule has 0 atom stereocenters. The van der Waals surface area contributed by atoms with E-state index in [2.05, 4.69) is 5.32 Å². The number of carbonyl (C=O) groups is 1. The van der Waals surface area contributed by atoms with E-state index < -0.39 is 5.91 Å². The van der Waals surface area contributed by atoms with Crippen LogP contribution in [0.1, 0.15) is 0 Å². The highest BCUT2D eigenvalue weighted by molar-refractivity contribution is 5.75. The summed E-state index contributed by atoms with van der Waals surface area (Å²) in [6.07, 6.45) is 0. The Morgan fingerprint density at radius 3 is 2.54 bits per heavy atom. The van der Waals surface area contributed by atoms with E-state index in [1.165, 1.54) is 0 Å². The second kappa shape index (κ2) is 4.35. The molecule has 0 bridgehead atoms. The highest BCUT2D eigenvalue weighted by Gasteiger charge is 1.96.